The maximum atomic E-state index is 11.2. The average Bonchev–Trinajstić information content (AvgIpc) is 2.36. The topological polar surface area (TPSA) is 38.8 Å². The second-order valence-electron chi connectivity index (χ2n) is 4.60. The number of hydrogen-bond acceptors (Lipinski definition) is 4. The number of hydrogen-bond donors (Lipinski definition) is 0. The predicted molar refractivity (Wildman–Crippen MR) is 66.8 cm³/mol. The molecule has 0 aromatic rings. The number of methoxy groups -OCH3 is 2. The summed E-state index contributed by atoms with van der Waals surface area (Å²) in [5.74, 6) is 0.385. The number of ether oxygens (including phenoxy) is 2. The van der Waals surface area contributed by atoms with Crippen LogP contribution in [0, 0.1) is 5.92 Å². The van der Waals surface area contributed by atoms with E-state index >= 15 is 0 Å². The van der Waals surface area contributed by atoms with Gasteiger partial charge < -0.3 is 9.47 Å². The van der Waals surface area contributed by atoms with Crippen molar-refractivity contribution in [1.29, 1.82) is 0 Å². The third kappa shape index (κ3) is 4.88. The van der Waals surface area contributed by atoms with Gasteiger partial charge >= 0.3 is 5.97 Å². The van der Waals surface area contributed by atoms with Gasteiger partial charge in [-0.3, -0.25) is 4.90 Å². The van der Waals surface area contributed by atoms with Gasteiger partial charge in [0.2, 0.25) is 0 Å². The van der Waals surface area contributed by atoms with Crippen LogP contribution in [0.4, 0.5) is 0 Å². The van der Waals surface area contributed by atoms with Crippen LogP contribution < -0.4 is 0 Å². The summed E-state index contributed by atoms with van der Waals surface area (Å²) >= 11 is 0. The molecule has 0 aromatic carbocycles. The fraction of sp³-hybridized carbons (Fsp3) is 0.769. The van der Waals surface area contributed by atoms with E-state index in [1.165, 1.54) is 20.0 Å². The largest absolute Gasteiger partial charge is 0.466 e. The Morgan fingerprint density at radius 2 is 2.24 bits per heavy atom. The van der Waals surface area contributed by atoms with E-state index in [1.54, 1.807) is 14.0 Å². The molecule has 1 aliphatic rings. The summed E-state index contributed by atoms with van der Waals surface area (Å²) in [6.45, 7) is 5.60. The van der Waals surface area contributed by atoms with Gasteiger partial charge in [-0.2, -0.15) is 0 Å². The van der Waals surface area contributed by atoms with Gasteiger partial charge in [0.05, 0.1) is 13.7 Å². The Hall–Kier alpha value is -0.870. The molecule has 4 heteroatoms. The number of piperidine rings is 1. The number of carbonyl (C=O) groups excluding carboxylic acids is 1. The zero-order valence-electron chi connectivity index (χ0n) is 11.1. The molecular formula is C13H23NO3. The molecule has 0 amide bonds. The van der Waals surface area contributed by atoms with Crippen molar-refractivity contribution < 1.29 is 14.3 Å². The van der Waals surface area contributed by atoms with Crippen molar-refractivity contribution in [3.8, 4) is 0 Å². The van der Waals surface area contributed by atoms with Crippen molar-refractivity contribution in [3.05, 3.63) is 11.6 Å². The van der Waals surface area contributed by atoms with E-state index in [-0.39, 0.29) is 5.97 Å². The highest BCUT2D eigenvalue weighted by atomic mass is 16.5. The Labute approximate surface area is 104 Å². The van der Waals surface area contributed by atoms with Gasteiger partial charge in [0.25, 0.3) is 0 Å². The molecule has 1 atom stereocenters. The van der Waals surface area contributed by atoms with Gasteiger partial charge in [-0.25, -0.2) is 4.79 Å². The molecule has 1 saturated heterocycles. The number of esters is 1. The summed E-state index contributed by atoms with van der Waals surface area (Å²) in [5.41, 5.74) is 0.682. The van der Waals surface area contributed by atoms with Gasteiger partial charge in [-0.05, 0) is 32.2 Å². The number of likely N-dealkylation sites (tertiary alicyclic amines) is 1. The number of rotatable bonds is 5. The normalized spacial score (nSPS) is 22.5. The van der Waals surface area contributed by atoms with Gasteiger partial charge in [-0.15, -0.1) is 0 Å². The first-order valence-electron chi connectivity index (χ1n) is 6.13. The molecule has 0 radical (unpaired) electrons. The van der Waals surface area contributed by atoms with Crippen LogP contribution in [0.3, 0.4) is 0 Å². The Morgan fingerprint density at radius 3 is 2.88 bits per heavy atom. The van der Waals surface area contributed by atoms with Gasteiger partial charge in [0.1, 0.15) is 0 Å². The van der Waals surface area contributed by atoms with Crippen molar-refractivity contribution in [3.63, 3.8) is 0 Å². The minimum absolute atomic E-state index is 0.240. The van der Waals surface area contributed by atoms with Gasteiger partial charge in [-0.1, -0.05) is 6.08 Å². The molecule has 4 nitrogen and oxygen atoms in total. The molecule has 0 bridgehead atoms. The van der Waals surface area contributed by atoms with Crippen LogP contribution in [0.15, 0.2) is 11.6 Å². The Bertz CT molecular complexity index is 274. The maximum absolute atomic E-state index is 11.2. The van der Waals surface area contributed by atoms with E-state index in [1.807, 2.05) is 6.08 Å². The molecule has 0 aromatic heterocycles. The third-order valence-electron chi connectivity index (χ3n) is 3.17. The first-order valence-corrected chi connectivity index (χ1v) is 6.13. The minimum Gasteiger partial charge on any atom is -0.466 e. The molecular weight excluding hydrogens is 218 g/mol. The third-order valence-corrected chi connectivity index (χ3v) is 3.17. The Morgan fingerprint density at radius 1 is 1.47 bits per heavy atom. The van der Waals surface area contributed by atoms with Crippen molar-refractivity contribution in [1.82, 2.24) is 4.90 Å². The number of nitrogens with zero attached hydrogens (tertiary/aromatic N) is 1. The molecule has 1 fully saturated rings. The summed E-state index contributed by atoms with van der Waals surface area (Å²) in [6.07, 6.45) is 4.39. The predicted octanol–water partition coefficient (Wildman–Crippen LogP) is 1.46. The first kappa shape index (κ1) is 14.2. The van der Waals surface area contributed by atoms with E-state index in [0.717, 1.165) is 26.2 Å². The van der Waals surface area contributed by atoms with E-state index in [4.69, 9.17) is 4.74 Å². The van der Waals surface area contributed by atoms with Crippen LogP contribution in [0.5, 0.6) is 0 Å². The quantitative estimate of drug-likeness (QED) is 0.539. The highest BCUT2D eigenvalue weighted by Crippen LogP contribution is 2.16. The monoisotopic (exact) mass is 241 g/mol. The molecule has 1 rings (SSSR count). The van der Waals surface area contributed by atoms with E-state index in [0.29, 0.717) is 11.5 Å². The highest BCUT2D eigenvalue weighted by Gasteiger charge is 2.18. The lowest BCUT2D eigenvalue weighted by Crippen LogP contribution is -2.37. The van der Waals surface area contributed by atoms with Crippen molar-refractivity contribution in [2.75, 3.05) is 40.5 Å². The summed E-state index contributed by atoms with van der Waals surface area (Å²) in [5, 5.41) is 0. The second kappa shape index (κ2) is 7.45. The average molecular weight is 241 g/mol. The van der Waals surface area contributed by atoms with Crippen molar-refractivity contribution in [2.45, 2.75) is 19.8 Å². The number of carbonyl (C=O) groups is 1. The van der Waals surface area contributed by atoms with Gasteiger partial charge in [0, 0.05) is 25.8 Å². The SMILES string of the molecule is COCC1CCCN(C/C=C(/C)C(=O)OC)C1. The zero-order chi connectivity index (χ0) is 12.7. The lowest BCUT2D eigenvalue weighted by atomic mass is 9.99. The molecule has 1 aliphatic heterocycles. The van der Waals surface area contributed by atoms with Crippen molar-refractivity contribution in [2.24, 2.45) is 5.92 Å². The molecule has 0 aliphatic carbocycles. The van der Waals surface area contributed by atoms with Crippen LogP contribution in [-0.4, -0.2) is 51.3 Å². The van der Waals surface area contributed by atoms with Crippen LogP contribution in [0.25, 0.3) is 0 Å². The van der Waals surface area contributed by atoms with Crippen LogP contribution >= 0.6 is 0 Å². The lowest BCUT2D eigenvalue weighted by Gasteiger charge is -2.31. The van der Waals surface area contributed by atoms with Crippen LogP contribution in [0.1, 0.15) is 19.8 Å². The van der Waals surface area contributed by atoms with Crippen LogP contribution in [0.2, 0.25) is 0 Å². The molecule has 98 valence electrons. The first-order chi connectivity index (χ1) is 8.17. The molecule has 0 N–H and O–H groups in total. The molecule has 1 heterocycles. The van der Waals surface area contributed by atoms with E-state index in [9.17, 15) is 4.79 Å². The maximum Gasteiger partial charge on any atom is 0.333 e. The summed E-state index contributed by atoms with van der Waals surface area (Å²) in [6, 6.07) is 0. The van der Waals surface area contributed by atoms with Crippen molar-refractivity contribution >= 4 is 5.97 Å². The molecule has 1 unspecified atom stereocenters. The fourth-order valence-corrected chi connectivity index (χ4v) is 2.20. The Kier molecular flexibility index (Phi) is 6.22. The van der Waals surface area contributed by atoms with Crippen LogP contribution in [-0.2, 0) is 14.3 Å². The van der Waals surface area contributed by atoms with Gasteiger partial charge in [0.15, 0.2) is 0 Å². The second-order valence-corrected chi connectivity index (χ2v) is 4.60. The summed E-state index contributed by atoms with van der Waals surface area (Å²) in [4.78, 5) is 13.6. The molecule has 0 spiro atoms. The Balaban J connectivity index is 2.38. The minimum atomic E-state index is -0.240. The highest BCUT2D eigenvalue weighted by molar-refractivity contribution is 5.87. The van der Waals surface area contributed by atoms with E-state index in [2.05, 4.69) is 9.64 Å². The van der Waals surface area contributed by atoms with E-state index < -0.39 is 0 Å². The molecule has 17 heavy (non-hydrogen) atoms. The standard InChI is InChI=1S/C13H23NO3/c1-11(13(15)17-3)6-8-14-7-4-5-12(9-14)10-16-2/h6,12H,4-5,7-10H2,1-3H3/b11-6-. The lowest BCUT2D eigenvalue weighted by molar-refractivity contribution is -0.136. The zero-order valence-corrected chi connectivity index (χ0v) is 11.1. The smallest absolute Gasteiger partial charge is 0.333 e. The summed E-state index contributed by atoms with van der Waals surface area (Å²) < 4.78 is 9.86. The fourth-order valence-electron chi connectivity index (χ4n) is 2.20. The summed E-state index contributed by atoms with van der Waals surface area (Å²) in [7, 11) is 3.16. The molecule has 0 saturated carbocycles.